The molecule has 2 rings (SSSR count). The van der Waals surface area contributed by atoms with Gasteiger partial charge in [-0.15, -0.1) is 12.4 Å². The van der Waals surface area contributed by atoms with Gasteiger partial charge in [-0.25, -0.2) is 0 Å². The molecule has 1 unspecified atom stereocenters. The van der Waals surface area contributed by atoms with Gasteiger partial charge in [0.2, 0.25) is 5.91 Å². The molecule has 0 aromatic heterocycles. The van der Waals surface area contributed by atoms with Crippen molar-refractivity contribution in [2.24, 2.45) is 11.8 Å². The standard InChI is InChI=1S/C13H24N2O2.ClH/c16-13(12-3-1-6-14-9-12)15-7-2-8-17-10-11-4-5-11;/h11-12,14H,1-10H2,(H,15,16);1H. The second-order valence-corrected chi connectivity index (χ2v) is 5.21. The quantitative estimate of drug-likeness (QED) is 0.690. The average molecular weight is 277 g/mol. The van der Waals surface area contributed by atoms with Crippen LogP contribution in [0.4, 0.5) is 0 Å². The zero-order valence-corrected chi connectivity index (χ0v) is 11.8. The first-order valence-corrected chi connectivity index (χ1v) is 6.92. The fourth-order valence-electron chi connectivity index (χ4n) is 2.14. The van der Waals surface area contributed by atoms with Gasteiger partial charge in [0.05, 0.1) is 5.92 Å². The fourth-order valence-corrected chi connectivity index (χ4v) is 2.14. The van der Waals surface area contributed by atoms with E-state index in [0.717, 1.165) is 58.0 Å². The Morgan fingerprint density at radius 3 is 2.83 bits per heavy atom. The van der Waals surface area contributed by atoms with Gasteiger partial charge in [-0.1, -0.05) is 0 Å². The number of rotatable bonds is 7. The highest BCUT2D eigenvalue weighted by atomic mass is 35.5. The Morgan fingerprint density at radius 1 is 1.33 bits per heavy atom. The lowest BCUT2D eigenvalue weighted by molar-refractivity contribution is -0.125. The van der Waals surface area contributed by atoms with Crippen molar-refractivity contribution >= 4 is 18.3 Å². The number of carbonyl (C=O) groups excluding carboxylic acids is 1. The molecule has 2 fully saturated rings. The van der Waals surface area contributed by atoms with E-state index in [1.54, 1.807) is 0 Å². The molecule has 18 heavy (non-hydrogen) atoms. The number of halogens is 1. The number of carbonyl (C=O) groups is 1. The second kappa shape index (κ2) is 8.73. The maximum atomic E-state index is 11.8. The molecule has 1 heterocycles. The van der Waals surface area contributed by atoms with Gasteiger partial charge in [-0.3, -0.25) is 4.79 Å². The molecule has 1 saturated heterocycles. The molecule has 1 aliphatic carbocycles. The predicted molar refractivity (Wildman–Crippen MR) is 74.0 cm³/mol. The zero-order valence-electron chi connectivity index (χ0n) is 11.0. The van der Waals surface area contributed by atoms with E-state index >= 15 is 0 Å². The van der Waals surface area contributed by atoms with Crippen LogP contribution in [0, 0.1) is 11.8 Å². The van der Waals surface area contributed by atoms with E-state index in [2.05, 4.69) is 10.6 Å². The van der Waals surface area contributed by atoms with Crippen LogP contribution in [0.15, 0.2) is 0 Å². The Labute approximate surface area is 116 Å². The molecule has 5 heteroatoms. The van der Waals surface area contributed by atoms with Gasteiger partial charge in [0, 0.05) is 26.3 Å². The van der Waals surface area contributed by atoms with Crippen LogP contribution in [0.2, 0.25) is 0 Å². The molecule has 1 saturated carbocycles. The molecule has 4 nitrogen and oxygen atoms in total. The summed E-state index contributed by atoms with van der Waals surface area (Å²) < 4.78 is 5.52. The van der Waals surface area contributed by atoms with Crippen molar-refractivity contribution in [3.05, 3.63) is 0 Å². The molecular weight excluding hydrogens is 252 g/mol. The van der Waals surface area contributed by atoms with E-state index in [9.17, 15) is 4.79 Å². The molecule has 2 aliphatic rings. The van der Waals surface area contributed by atoms with E-state index in [1.165, 1.54) is 12.8 Å². The topological polar surface area (TPSA) is 50.4 Å². The minimum atomic E-state index is 0. The first-order valence-electron chi connectivity index (χ1n) is 6.92. The van der Waals surface area contributed by atoms with Crippen LogP contribution >= 0.6 is 12.4 Å². The summed E-state index contributed by atoms with van der Waals surface area (Å²) in [5, 5.41) is 6.26. The van der Waals surface area contributed by atoms with E-state index < -0.39 is 0 Å². The zero-order chi connectivity index (χ0) is 11.9. The Hall–Kier alpha value is -0.320. The van der Waals surface area contributed by atoms with Crippen LogP contribution < -0.4 is 10.6 Å². The maximum absolute atomic E-state index is 11.8. The highest BCUT2D eigenvalue weighted by Gasteiger charge is 2.21. The SMILES string of the molecule is Cl.O=C(NCCCOCC1CC1)C1CCCNC1. The molecule has 1 amide bonds. The van der Waals surface area contributed by atoms with Crippen molar-refractivity contribution in [2.45, 2.75) is 32.1 Å². The van der Waals surface area contributed by atoms with Crippen molar-refractivity contribution in [1.82, 2.24) is 10.6 Å². The number of hydrogen-bond acceptors (Lipinski definition) is 3. The fraction of sp³-hybridized carbons (Fsp3) is 0.923. The first kappa shape index (κ1) is 15.7. The summed E-state index contributed by atoms with van der Waals surface area (Å²) >= 11 is 0. The van der Waals surface area contributed by atoms with Gasteiger partial charge in [0.25, 0.3) is 0 Å². The Bertz CT molecular complexity index is 241. The summed E-state index contributed by atoms with van der Waals surface area (Å²) in [7, 11) is 0. The molecule has 1 aliphatic heterocycles. The molecule has 0 spiro atoms. The van der Waals surface area contributed by atoms with E-state index in [4.69, 9.17) is 4.74 Å². The highest BCUT2D eigenvalue weighted by Crippen LogP contribution is 2.28. The summed E-state index contributed by atoms with van der Waals surface area (Å²) in [6, 6.07) is 0. The van der Waals surface area contributed by atoms with Crippen molar-refractivity contribution in [1.29, 1.82) is 0 Å². The average Bonchev–Trinajstić information content (AvgIpc) is 3.18. The van der Waals surface area contributed by atoms with E-state index in [0.29, 0.717) is 0 Å². The van der Waals surface area contributed by atoms with Gasteiger partial charge in [0.15, 0.2) is 0 Å². The van der Waals surface area contributed by atoms with Crippen LogP contribution in [0.3, 0.4) is 0 Å². The lowest BCUT2D eigenvalue weighted by atomic mass is 9.99. The molecule has 0 radical (unpaired) electrons. The van der Waals surface area contributed by atoms with Crippen LogP contribution in [-0.2, 0) is 9.53 Å². The monoisotopic (exact) mass is 276 g/mol. The number of ether oxygens (including phenoxy) is 1. The summed E-state index contributed by atoms with van der Waals surface area (Å²) in [6.07, 6.45) is 5.75. The third-order valence-corrected chi connectivity index (χ3v) is 3.48. The second-order valence-electron chi connectivity index (χ2n) is 5.21. The molecular formula is C13H25ClN2O2. The summed E-state index contributed by atoms with van der Waals surface area (Å²) in [5.74, 6) is 1.22. The summed E-state index contributed by atoms with van der Waals surface area (Å²) in [5.41, 5.74) is 0. The predicted octanol–water partition coefficient (Wildman–Crippen LogP) is 1.34. The summed E-state index contributed by atoms with van der Waals surface area (Å²) in [4.78, 5) is 11.8. The molecule has 106 valence electrons. The maximum Gasteiger partial charge on any atom is 0.224 e. The van der Waals surface area contributed by atoms with Crippen LogP contribution in [0.5, 0.6) is 0 Å². The van der Waals surface area contributed by atoms with Crippen molar-refractivity contribution in [3.8, 4) is 0 Å². The Kier molecular flexibility index (Phi) is 7.63. The lowest BCUT2D eigenvalue weighted by Gasteiger charge is -2.21. The van der Waals surface area contributed by atoms with E-state index in [1.807, 2.05) is 0 Å². The van der Waals surface area contributed by atoms with Crippen molar-refractivity contribution in [2.75, 3.05) is 32.8 Å². The van der Waals surface area contributed by atoms with Gasteiger partial charge in [-0.05, 0) is 44.6 Å². The van der Waals surface area contributed by atoms with Crippen LogP contribution in [0.25, 0.3) is 0 Å². The molecule has 0 aromatic carbocycles. The van der Waals surface area contributed by atoms with Gasteiger partial charge >= 0.3 is 0 Å². The van der Waals surface area contributed by atoms with Crippen LogP contribution in [-0.4, -0.2) is 38.8 Å². The number of amides is 1. The number of nitrogens with one attached hydrogen (secondary N) is 2. The lowest BCUT2D eigenvalue weighted by Crippen LogP contribution is -2.40. The third-order valence-electron chi connectivity index (χ3n) is 3.48. The summed E-state index contributed by atoms with van der Waals surface area (Å²) in [6.45, 7) is 4.34. The molecule has 0 aromatic rings. The van der Waals surface area contributed by atoms with Gasteiger partial charge in [0.1, 0.15) is 0 Å². The van der Waals surface area contributed by atoms with Crippen LogP contribution in [0.1, 0.15) is 32.1 Å². The molecule has 1 atom stereocenters. The Morgan fingerprint density at radius 2 is 2.17 bits per heavy atom. The minimum absolute atomic E-state index is 0. The number of hydrogen-bond donors (Lipinski definition) is 2. The van der Waals surface area contributed by atoms with Gasteiger partial charge in [-0.2, -0.15) is 0 Å². The number of piperidine rings is 1. The normalized spacial score (nSPS) is 23.2. The molecule has 2 N–H and O–H groups in total. The Balaban J connectivity index is 0.00000162. The van der Waals surface area contributed by atoms with Crippen molar-refractivity contribution < 1.29 is 9.53 Å². The van der Waals surface area contributed by atoms with Crippen molar-refractivity contribution in [3.63, 3.8) is 0 Å². The molecule has 0 bridgehead atoms. The minimum Gasteiger partial charge on any atom is -0.381 e. The first-order chi connectivity index (χ1) is 8.36. The highest BCUT2D eigenvalue weighted by molar-refractivity contribution is 5.85. The smallest absolute Gasteiger partial charge is 0.224 e. The largest absolute Gasteiger partial charge is 0.381 e. The third kappa shape index (κ3) is 6.03. The van der Waals surface area contributed by atoms with Gasteiger partial charge < -0.3 is 15.4 Å². The van der Waals surface area contributed by atoms with E-state index in [-0.39, 0.29) is 24.2 Å².